The molecule has 0 spiro atoms. The van der Waals surface area contributed by atoms with Crippen molar-refractivity contribution in [1.82, 2.24) is 15.2 Å². The third kappa shape index (κ3) is 3.70. The van der Waals surface area contributed by atoms with E-state index in [1.54, 1.807) is 17.9 Å². The number of rotatable bonds is 4. The van der Waals surface area contributed by atoms with Gasteiger partial charge in [-0.3, -0.25) is 0 Å². The summed E-state index contributed by atoms with van der Waals surface area (Å²) < 4.78 is 13.4. The van der Waals surface area contributed by atoms with E-state index in [-0.39, 0.29) is 23.9 Å². The van der Waals surface area contributed by atoms with Gasteiger partial charge < -0.3 is 20.3 Å². The molecule has 2 heterocycles. The summed E-state index contributed by atoms with van der Waals surface area (Å²) in [5, 5.41) is 13.5. The van der Waals surface area contributed by atoms with Crippen molar-refractivity contribution < 1.29 is 14.3 Å². The number of nitrogens with one attached hydrogen (secondary N) is 2. The lowest BCUT2D eigenvalue weighted by Crippen LogP contribution is -2.47. The Bertz CT molecular complexity index is 713. The van der Waals surface area contributed by atoms with E-state index in [1.165, 1.54) is 12.1 Å². The van der Waals surface area contributed by atoms with Gasteiger partial charge in [0, 0.05) is 42.7 Å². The number of fused-ring (bicyclic) bond motifs is 1. The minimum atomic E-state index is -0.387. The van der Waals surface area contributed by atoms with Crippen molar-refractivity contribution in [2.24, 2.45) is 5.92 Å². The first-order valence-corrected chi connectivity index (χ1v) is 8.51. The zero-order chi connectivity index (χ0) is 17.1. The summed E-state index contributed by atoms with van der Waals surface area (Å²) in [6.07, 6.45) is 4.00. The molecule has 2 amide bonds. The molecule has 3 N–H and O–H groups in total. The van der Waals surface area contributed by atoms with E-state index in [2.05, 4.69) is 10.3 Å². The van der Waals surface area contributed by atoms with E-state index < -0.39 is 0 Å². The quantitative estimate of drug-likeness (QED) is 0.805. The molecule has 2 unspecified atom stereocenters. The first-order valence-electron chi connectivity index (χ1n) is 8.51. The summed E-state index contributed by atoms with van der Waals surface area (Å²) >= 11 is 0. The van der Waals surface area contributed by atoms with E-state index in [0.29, 0.717) is 19.5 Å². The lowest BCUT2D eigenvalue weighted by molar-refractivity contribution is 0.0740. The van der Waals surface area contributed by atoms with Crippen molar-refractivity contribution >= 4 is 16.9 Å². The van der Waals surface area contributed by atoms with Gasteiger partial charge in [-0.1, -0.05) is 0 Å². The van der Waals surface area contributed by atoms with Gasteiger partial charge in [0.15, 0.2) is 0 Å². The maximum Gasteiger partial charge on any atom is 0.317 e. The number of aromatic nitrogens is 1. The van der Waals surface area contributed by atoms with Gasteiger partial charge in [-0.15, -0.1) is 0 Å². The highest BCUT2D eigenvalue weighted by Crippen LogP contribution is 2.21. The normalized spacial score (nSPS) is 19.5. The van der Waals surface area contributed by atoms with Crippen LogP contribution in [0, 0.1) is 11.7 Å². The highest BCUT2D eigenvalue weighted by molar-refractivity contribution is 5.83. The number of aliphatic hydroxyl groups excluding tert-OH is 1. The minimum absolute atomic E-state index is 0.0913. The topological polar surface area (TPSA) is 68.4 Å². The van der Waals surface area contributed by atoms with E-state index in [0.717, 1.165) is 35.9 Å². The standard InChI is InChI=1S/C18H24FN3O2/c1-12(23)14-3-2-8-22(11-14)18(24)20-7-6-13-10-21-17-5-4-15(19)9-16(13)17/h4-5,9-10,12,14,21,23H,2-3,6-8,11H2,1H3,(H,20,24). The highest BCUT2D eigenvalue weighted by Gasteiger charge is 2.26. The van der Waals surface area contributed by atoms with Crippen LogP contribution in [0.5, 0.6) is 0 Å². The molecule has 2 aromatic rings. The number of nitrogens with zero attached hydrogens (tertiary/aromatic N) is 1. The molecule has 0 radical (unpaired) electrons. The van der Waals surface area contributed by atoms with Gasteiger partial charge in [-0.05, 0) is 49.9 Å². The van der Waals surface area contributed by atoms with Crippen LogP contribution in [0.15, 0.2) is 24.4 Å². The lowest BCUT2D eigenvalue weighted by atomic mass is 9.94. The van der Waals surface area contributed by atoms with Crippen molar-refractivity contribution in [3.63, 3.8) is 0 Å². The molecule has 1 aliphatic heterocycles. The summed E-state index contributed by atoms with van der Waals surface area (Å²) in [6, 6.07) is 4.57. The number of likely N-dealkylation sites (tertiary alicyclic amines) is 1. The molecule has 24 heavy (non-hydrogen) atoms. The van der Waals surface area contributed by atoms with E-state index >= 15 is 0 Å². The molecule has 5 nitrogen and oxygen atoms in total. The number of H-pyrrole nitrogens is 1. The molecule has 0 saturated carbocycles. The fourth-order valence-corrected chi connectivity index (χ4v) is 3.36. The number of hydrogen-bond donors (Lipinski definition) is 3. The molecule has 6 heteroatoms. The van der Waals surface area contributed by atoms with Crippen molar-refractivity contribution in [3.05, 3.63) is 35.8 Å². The summed E-state index contributed by atoms with van der Waals surface area (Å²) in [4.78, 5) is 17.2. The number of hydrogen-bond acceptors (Lipinski definition) is 2. The van der Waals surface area contributed by atoms with Crippen LogP contribution in [0.4, 0.5) is 9.18 Å². The van der Waals surface area contributed by atoms with Crippen LogP contribution in [0.1, 0.15) is 25.3 Å². The van der Waals surface area contributed by atoms with E-state index in [1.807, 2.05) is 6.20 Å². The Kier molecular flexibility index (Phi) is 5.04. The Balaban J connectivity index is 1.54. The Morgan fingerprint density at radius 3 is 3.17 bits per heavy atom. The van der Waals surface area contributed by atoms with Crippen molar-refractivity contribution in [2.45, 2.75) is 32.3 Å². The molecule has 2 atom stereocenters. The van der Waals surface area contributed by atoms with Gasteiger partial charge in [0.2, 0.25) is 0 Å². The third-order valence-electron chi connectivity index (χ3n) is 4.83. The smallest absolute Gasteiger partial charge is 0.317 e. The molecule has 1 aromatic heterocycles. The number of urea groups is 1. The number of aliphatic hydroxyl groups is 1. The molecular formula is C18H24FN3O2. The molecule has 0 bridgehead atoms. The van der Waals surface area contributed by atoms with Crippen LogP contribution < -0.4 is 5.32 Å². The summed E-state index contributed by atoms with van der Waals surface area (Å²) in [5.74, 6) is -0.106. The molecule has 0 aliphatic carbocycles. The van der Waals surface area contributed by atoms with E-state index in [4.69, 9.17) is 0 Å². The van der Waals surface area contributed by atoms with Crippen molar-refractivity contribution in [2.75, 3.05) is 19.6 Å². The van der Waals surface area contributed by atoms with Gasteiger partial charge >= 0.3 is 6.03 Å². The fourth-order valence-electron chi connectivity index (χ4n) is 3.36. The Morgan fingerprint density at radius 1 is 1.54 bits per heavy atom. The maximum atomic E-state index is 13.4. The van der Waals surface area contributed by atoms with E-state index in [9.17, 15) is 14.3 Å². The van der Waals surface area contributed by atoms with Gasteiger partial charge in [0.1, 0.15) is 5.82 Å². The average molecular weight is 333 g/mol. The van der Waals surface area contributed by atoms with Crippen LogP contribution in [0.2, 0.25) is 0 Å². The number of piperidine rings is 1. The van der Waals surface area contributed by atoms with Crippen molar-refractivity contribution in [3.8, 4) is 0 Å². The fraction of sp³-hybridized carbons (Fsp3) is 0.500. The number of amides is 2. The zero-order valence-corrected chi connectivity index (χ0v) is 13.9. The SMILES string of the molecule is CC(O)C1CCCN(C(=O)NCCc2c[nH]c3ccc(F)cc23)C1. The molecule has 1 aromatic carbocycles. The lowest BCUT2D eigenvalue weighted by Gasteiger charge is -2.34. The Morgan fingerprint density at radius 2 is 2.38 bits per heavy atom. The second-order valence-corrected chi connectivity index (χ2v) is 6.57. The summed E-state index contributed by atoms with van der Waals surface area (Å²) in [6.45, 7) is 3.61. The molecule has 1 fully saturated rings. The number of aromatic amines is 1. The van der Waals surface area contributed by atoms with Gasteiger partial charge in [-0.25, -0.2) is 9.18 Å². The van der Waals surface area contributed by atoms with Gasteiger partial charge in [0.05, 0.1) is 6.10 Å². The number of carbonyl (C=O) groups excluding carboxylic acids is 1. The van der Waals surface area contributed by atoms with Crippen molar-refractivity contribution in [1.29, 1.82) is 0 Å². The highest BCUT2D eigenvalue weighted by atomic mass is 19.1. The molecule has 3 rings (SSSR count). The predicted octanol–water partition coefficient (Wildman–Crippen LogP) is 2.65. The summed E-state index contributed by atoms with van der Waals surface area (Å²) in [7, 11) is 0. The molecule has 1 saturated heterocycles. The van der Waals surface area contributed by atoms with Gasteiger partial charge in [0.25, 0.3) is 0 Å². The number of carbonyl (C=O) groups is 1. The maximum absolute atomic E-state index is 13.4. The largest absolute Gasteiger partial charge is 0.393 e. The van der Waals surface area contributed by atoms with Crippen LogP contribution >= 0.6 is 0 Å². The Hall–Kier alpha value is -2.08. The second-order valence-electron chi connectivity index (χ2n) is 6.57. The monoisotopic (exact) mass is 333 g/mol. The average Bonchev–Trinajstić information content (AvgIpc) is 2.97. The zero-order valence-electron chi connectivity index (χ0n) is 13.9. The van der Waals surface area contributed by atoms with Crippen LogP contribution in [-0.2, 0) is 6.42 Å². The number of benzene rings is 1. The molecular weight excluding hydrogens is 309 g/mol. The van der Waals surface area contributed by atoms with Crippen LogP contribution in [0.3, 0.4) is 0 Å². The third-order valence-corrected chi connectivity index (χ3v) is 4.83. The minimum Gasteiger partial charge on any atom is -0.393 e. The van der Waals surface area contributed by atoms with Crippen LogP contribution in [0.25, 0.3) is 10.9 Å². The predicted molar refractivity (Wildman–Crippen MR) is 91.3 cm³/mol. The molecule has 130 valence electrons. The second kappa shape index (κ2) is 7.21. The van der Waals surface area contributed by atoms with Crippen LogP contribution in [-0.4, -0.2) is 46.8 Å². The Labute approximate surface area is 140 Å². The first-order chi connectivity index (χ1) is 11.5. The first kappa shape index (κ1) is 16.8. The van der Waals surface area contributed by atoms with Gasteiger partial charge in [-0.2, -0.15) is 0 Å². The summed E-state index contributed by atoms with van der Waals surface area (Å²) in [5.41, 5.74) is 1.89. The molecule has 1 aliphatic rings. The number of halogens is 1.